The third-order valence-electron chi connectivity index (χ3n) is 14.9. The van der Waals surface area contributed by atoms with E-state index in [1.807, 2.05) is 109 Å². The molecule has 70 heavy (non-hydrogen) atoms. The lowest BCUT2D eigenvalue weighted by molar-refractivity contribution is 0.0481. The van der Waals surface area contributed by atoms with Crippen molar-refractivity contribution < 1.29 is 19.2 Å². The first-order valence-electron chi connectivity index (χ1n) is 24.9. The van der Waals surface area contributed by atoms with Crippen molar-refractivity contribution >= 4 is 68.5 Å². The molecule has 344 valence electrons. The van der Waals surface area contributed by atoms with Crippen molar-refractivity contribution in [3.05, 3.63) is 204 Å². The summed E-state index contributed by atoms with van der Waals surface area (Å²) < 4.78 is 0. The number of benzene rings is 8. The van der Waals surface area contributed by atoms with Crippen LogP contribution in [-0.2, 0) is 0 Å². The number of carbonyl (C=O) groups is 4. The molecule has 0 radical (unpaired) electrons. The maximum atomic E-state index is 15.6. The molecule has 0 atom stereocenters. The zero-order valence-corrected chi connectivity index (χ0v) is 39.0. The lowest BCUT2D eigenvalue weighted by atomic mass is 9.77. The Morgan fingerprint density at radius 3 is 0.957 bits per heavy atom. The summed E-state index contributed by atoms with van der Waals surface area (Å²) in [6.45, 7) is 0. The molecule has 4 amide bonds. The number of imide groups is 2. The Morgan fingerprint density at radius 2 is 0.629 bits per heavy atom. The molecule has 0 bridgehead atoms. The molecular weight excluding hydrogens is 865 g/mol. The summed E-state index contributed by atoms with van der Waals surface area (Å²) in [6.07, 6.45) is 8.66. The Balaban J connectivity index is 1.13. The third-order valence-corrected chi connectivity index (χ3v) is 14.9. The summed E-state index contributed by atoms with van der Waals surface area (Å²) in [5.41, 5.74) is 9.55. The standard InChI is InChI=1S/C62H52N4O4/c67-59-53-39-51(41-21-19-35-49(37-41)63(43-23-7-1-8-24-43)44-25-9-2-10-26-44)57-55-54(60(68)65(61(57)69)47-31-15-5-16-32-47)40-52(58(56(53)55)62(70)66(59)48-33-17-6-18-34-48)42-22-20-36-50(38-42)64(45-27-11-3-12-28-45)46-29-13-4-14-30-46/h1-4,7-14,19-30,35-40,47-48H,5-6,15-18,31-34H2. The number of rotatable bonds is 10. The normalized spacial score (nSPS) is 16.2. The van der Waals surface area contributed by atoms with Gasteiger partial charge in [-0.1, -0.05) is 136 Å². The van der Waals surface area contributed by atoms with Gasteiger partial charge in [0.1, 0.15) is 0 Å². The highest BCUT2D eigenvalue weighted by molar-refractivity contribution is 6.36. The zero-order chi connectivity index (χ0) is 47.3. The van der Waals surface area contributed by atoms with Crippen LogP contribution in [0.25, 0.3) is 33.0 Å². The minimum atomic E-state index is -0.380. The lowest BCUT2D eigenvalue weighted by Gasteiger charge is -2.40. The molecule has 2 aliphatic carbocycles. The van der Waals surface area contributed by atoms with Gasteiger partial charge in [0.15, 0.2) is 0 Å². The van der Waals surface area contributed by atoms with Gasteiger partial charge in [-0.2, -0.15) is 0 Å². The Kier molecular flexibility index (Phi) is 11.2. The van der Waals surface area contributed by atoms with Gasteiger partial charge in [-0.3, -0.25) is 29.0 Å². The number of nitrogens with zero attached hydrogens (tertiary/aromatic N) is 4. The second-order valence-electron chi connectivity index (χ2n) is 19.1. The van der Waals surface area contributed by atoms with Gasteiger partial charge in [-0.05, 0) is 133 Å². The summed E-state index contributed by atoms with van der Waals surface area (Å²) in [6, 6.07) is 60.0. The minimum absolute atomic E-state index is 0.280. The highest BCUT2D eigenvalue weighted by atomic mass is 16.2. The third kappa shape index (κ3) is 7.37. The lowest BCUT2D eigenvalue weighted by Crippen LogP contribution is -2.50. The van der Waals surface area contributed by atoms with Crippen molar-refractivity contribution in [2.24, 2.45) is 0 Å². The van der Waals surface area contributed by atoms with Crippen molar-refractivity contribution in [1.82, 2.24) is 9.80 Å². The van der Waals surface area contributed by atoms with Crippen molar-refractivity contribution in [2.75, 3.05) is 9.80 Å². The molecule has 2 heterocycles. The predicted molar refractivity (Wildman–Crippen MR) is 279 cm³/mol. The first-order valence-corrected chi connectivity index (χ1v) is 24.9. The van der Waals surface area contributed by atoms with Gasteiger partial charge in [0.05, 0.1) is 11.1 Å². The number of amides is 4. The highest BCUT2D eigenvalue weighted by Crippen LogP contribution is 2.49. The van der Waals surface area contributed by atoms with E-state index < -0.39 is 0 Å². The van der Waals surface area contributed by atoms with E-state index in [0.29, 0.717) is 44.2 Å². The molecule has 12 rings (SSSR count). The molecule has 4 aliphatic rings. The number of hydrogen-bond donors (Lipinski definition) is 0. The van der Waals surface area contributed by atoms with Gasteiger partial charge < -0.3 is 9.80 Å². The van der Waals surface area contributed by atoms with Crippen LogP contribution in [0.4, 0.5) is 34.1 Å². The van der Waals surface area contributed by atoms with Crippen LogP contribution in [0.3, 0.4) is 0 Å². The largest absolute Gasteiger partial charge is 0.310 e. The molecular formula is C62H52N4O4. The SMILES string of the molecule is O=C1c2cc(-c3cccc(N(c4ccccc4)c4ccccc4)c3)c3c4c(cc(-c5cccc(N(c6ccccc6)c6ccccc6)c5)c(c24)C(=O)N1C1CCCCC1)C(=O)N(C1CCCCC1)C3=O. The van der Waals surface area contributed by atoms with Gasteiger partial charge in [0.2, 0.25) is 0 Å². The molecule has 0 N–H and O–H groups in total. The van der Waals surface area contributed by atoms with Gasteiger partial charge >= 0.3 is 0 Å². The molecule has 8 aromatic rings. The van der Waals surface area contributed by atoms with Crippen LogP contribution >= 0.6 is 0 Å². The van der Waals surface area contributed by atoms with Gasteiger partial charge in [-0.15, -0.1) is 0 Å². The molecule has 0 aromatic heterocycles. The summed E-state index contributed by atoms with van der Waals surface area (Å²) in [5.74, 6) is -1.52. The first-order chi connectivity index (χ1) is 34.4. The minimum Gasteiger partial charge on any atom is -0.310 e. The van der Waals surface area contributed by atoms with Crippen molar-refractivity contribution in [3.63, 3.8) is 0 Å². The summed E-state index contributed by atoms with van der Waals surface area (Å²) >= 11 is 0. The highest BCUT2D eigenvalue weighted by Gasteiger charge is 2.46. The number of carbonyl (C=O) groups excluding carboxylic acids is 4. The summed E-state index contributed by atoms with van der Waals surface area (Å²) in [5, 5.41) is 0.774. The van der Waals surface area contributed by atoms with Gasteiger partial charge in [0, 0.05) is 68.1 Å². The Labute approximate surface area is 408 Å². The van der Waals surface area contributed by atoms with Crippen LogP contribution in [0.1, 0.15) is 106 Å². The van der Waals surface area contributed by atoms with E-state index in [1.54, 1.807) is 0 Å². The van der Waals surface area contributed by atoms with Crippen molar-refractivity contribution in [3.8, 4) is 22.3 Å². The molecule has 8 aromatic carbocycles. The van der Waals surface area contributed by atoms with Crippen LogP contribution in [0, 0.1) is 0 Å². The second kappa shape index (κ2) is 18.1. The van der Waals surface area contributed by atoms with E-state index >= 15 is 19.2 Å². The number of para-hydroxylation sites is 4. The maximum absolute atomic E-state index is 15.6. The van der Waals surface area contributed by atoms with E-state index in [4.69, 9.17) is 0 Å². The number of hydrogen-bond acceptors (Lipinski definition) is 6. The second-order valence-corrected chi connectivity index (χ2v) is 19.1. The maximum Gasteiger partial charge on any atom is 0.262 e. The van der Waals surface area contributed by atoms with Crippen molar-refractivity contribution in [1.29, 1.82) is 0 Å². The van der Waals surface area contributed by atoms with E-state index in [9.17, 15) is 0 Å². The average molecular weight is 917 g/mol. The fourth-order valence-corrected chi connectivity index (χ4v) is 11.7. The van der Waals surface area contributed by atoms with Crippen molar-refractivity contribution in [2.45, 2.75) is 76.3 Å². The Bertz CT molecular complexity index is 3020. The Morgan fingerprint density at radius 1 is 0.314 bits per heavy atom. The molecule has 2 fully saturated rings. The summed E-state index contributed by atoms with van der Waals surface area (Å²) in [7, 11) is 0. The topological polar surface area (TPSA) is 81.2 Å². The number of anilines is 6. The zero-order valence-electron chi connectivity index (χ0n) is 39.0. The fourth-order valence-electron chi connectivity index (χ4n) is 11.7. The first kappa shape index (κ1) is 43.2. The molecule has 0 unspecified atom stereocenters. The van der Waals surface area contributed by atoms with E-state index in [0.717, 1.165) is 109 Å². The molecule has 0 saturated heterocycles. The molecule has 0 spiro atoms. The van der Waals surface area contributed by atoms with Crippen LogP contribution in [0.15, 0.2) is 182 Å². The van der Waals surface area contributed by atoms with E-state index in [2.05, 4.69) is 82.6 Å². The van der Waals surface area contributed by atoms with Gasteiger partial charge in [0.25, 0.3) is 23.6 Å². The average Bonchev–Trinajstić information content (AvgIpc) is 3.41. The molecule has 8 heteroatoms. The van der Waals surface area contributed by atoms with Crippen LogP contribution in [0.5, 0.6) is 0 Å². The quantitative estimate of drug-likeness (QED) is 0.127. The van der Waals surface area contributed by atoms with Crippen LogP contribution < -0.4 is 9.80 Å². The molecule has 2 saturated carbocycles. The van der Waals surface area contributed by atoms with E-state index in [-0.39, 0.29) is 35.7 Å². The Hall–Kier alpha value is -8.10. The fraction of sp³-hybridized carbons (Fsp3) is 0.194. The predicted octanol–water partition coefficient (Wildman–Crippen LogP) is 15.0. The summed E-state index contributed by atoms with van der Waals surface area (Å²) in [4.78, 5) is 69.5. The smallest absolute Gasteiger partial charge is 0.262 e. The van der Waals surface area contributed by atoms with E-state index in [1.165, 1.54) is 9.80 Å². The van der Waals surface area contributed by atoms with Crippen LogP contribution in [-0.4, -0.2) is 45.5 Å². The molecule has 2 aliphatic heterocycles. The monoisotopic (exact) mass is 916 g/mol. The van der Waals surface area contributed by atoms with Crippen LogP contribution in [0.2, 0.25) is 0 Å². The molecule has 8 nitrogen and oxygen atoms in total. The van der Waals surface area contributed by atoms with Gasteiger partial charge in [-0.25, -0.2) is 0 Å².